The summed E-state index contributed by atoms with van der Waals surface area (Å²) in [5.41, 5.74) is 2.58. The van der Waals surface area contributed by atoms with Crippen LogP contribution in [0.5, 0.6) is 0 Å². The molecule has 3 aromatic rings. The third-order valence-corrected chi connectivity index (χ3v) is 5.05. The zero-order valence-corrected chi connectivity index (χ0v) is 16.9. The van der Waals surface area contributed by atoms with Gasteiger partial charge >= 0.3 is 0 Å². The Morgan fingerprint density at radius 2 is 1.38 bits per heavy atom. The van der Waals surface area contributed by atoms with Gasteiger partial charge in [-0.1, -0.05) is 63.4 Å². The zero-order chi connectivity index (χ0) is 18.5. The summed E-state index contributed by atoms with van der Waals surface area (Å²) in [6, 6.07) is 22.2. The second-order valence-corrected chi connectivity index (χ2v) is 7.68. The highest BCUT2D eigenvalue weighted by Gasteiger charge is 2.17. The van der Waals surface area contributed by atoms with E-state index in [1.807, 2.05) is 72.8 Å². The fourth-order valence-corrected chi connectivity index (χ4v) is 3.15. The molecular weight excluding hydrogens is 433 g/mol. The number of rotatable bonds is 6. The fourth-order valence-electron chi connectivity index (χ4n) is 2.63. The van der Waals surface area contributed by atoms with Crippen molar-refractivity contribution in [2.45, 2.75) is 12.5 Å². The van der Waals surface area contributed by atoms with Crippen molar-refractivity contribution in [3.05, 3.63) is 98.4 Å². The largest absolute Gasteiger partial charge is 0.378 e. The van der Waals surface area contributed by atoms with Crippen LogP contribution in [0.1, 0.15) is 28.4 Å². The predicted molar refractivity (Wildman–Crippen MR) is 112 cm³/mol. The van der Waals surface area contributed by atoms with Gasteiger partial charge in [0.25, 0.3) is 0 Å². The van der Waals surface area contributed by atoms with E-state index in [-0.39, 0.29) is 11.8 Å². The lowest BCUT2D eigenvalue weighted by Crippen LogP contribution is -2.15. The van der Waals surface area contributed by atoms with Gasteiger partial charge in [0.1, 0.15) is 0 Å². The molecule has 3 aromatic carbocycles. The Labute approximate surface area is 171 Å². The van der Waals surface area contributed by atoms with E-state index in [9.17, 15) is 4.79 Å². The average Bonchev–Trinajstić information content (AvgIpc) is 2.64. The van der Waals surface area contributed by atoms with E-state index in [0.29, 0.717) is 22.0 Å². The molecule has 1 N–H and O–H groups in total. The first-order valence-corrected chi connectivity index (χ1v) is 9.62. The topological polar surface area (TPSA) is 29.1 Å². The van der Waals surface area contributed by atoms with Crippen LogP contribution in [0.15, 0.2) is 77.3 Å². The molecule has 0 heterocycles. The van der Waals surface area contributed by atoms with E-state index in [1.54, 1.807) is 0 Å². The lowest BCUT2D eigenvalue weighted by atomic mass is 9.97. The molecule has 0 aromatic heterocycles. The number of hydrogen-bond acceptors (Lipinski definition) is 2. The van der Waals surface area contributed by atoms with Crippen LogP contribution in [0, 0.1) is 0 Å². The number of Topliss-reactive ketones (excluding diaryl/α,β-unsaturated/α-hetero) is 1. The average molecular weight is 449 g/mol. The summed E-state index contributed by atoms with van der Waals surface area (Å²) < 4.78 is 0.947. The molecule has 0 aliphatic rings. The Bertz CT molecular complexity index is 877. The van der Waals surface area contributed by atoms with Gasteiger partial charge in [-0.25, -0.2) is 0 Å². The molecule has 0 aliphatic carbocycles. The maximum absolute atomic E-state index is 12.7. The minimum absolute atomic E-state index is 0.0684. The molecule has 0 fully saturated rings. The first-order chi connectivity index (χ1) is 12.5. The van der Waals surface area contributed by atoms with Gasteiger partial charge in [-0.2, -0.15) is 0 Å². The molecule has 0 amide bonds. The summed E-state index contributed by atoms with van der Waals surface area (Å²) in [6.45, 7) is 0. The number of carbonyl (C=O) groups is 1. The smallest absolute Gasteiger partial charge is 0.165 e. The normalized spacial score (nSPS) is 11.8. The SMILES string of the molecule is O=C(C[C@H](Nc1ccc(Cl)cc1)c1ccc(Cl)cc1)c1ccc(Br)cc1. The number of anilines is 1. The van der Waals surface area contributed by atoms with Gasteiger partial charge in [-0.15, -0.1) is 0 Å². The minimum Gasteiger partial charge on any atom is -0.378 e. The third-order valence-electron chi connectivity index (χ3n) is 4.01. The summed E-state index contributed by atoms with van der Waals surface area (Å²) in [4.78, 5) is 12.7. The Morgan fingerprint density at radius 1 is 0.846 bits per heavy atom. The summed E-state index contributed by atoms with van der Waals surface area (Å²) in [5.74, 6) is 0.0684. The number of carbonyl (C=O) groups excluding carboxylic acids is 1. The van der Waals surface area contributed by atoms with Crippen LogP contribution in [0.3, 0.4) is 0 Å². The van der Waals surface area contributed by atoms with Crippen molar-refractivity contribution < 1.29 is 4.79 Å². The molecule has 1 atom stereocenters. The maximum atomic E-state index is 12.7. The van der Waals surface area contributed by atoms with E-state index in [0.717, 1.165) is 15.7 Å². The summed E-state index contributed by atoms with van der Waals surface area (Å²) in [7, 11) is 0. The van der Waals surface area contributed by atoms with Crippen LogP contribution in [0.4, 0.5) is 5.69 Å². The number of nitrogens with one attached hydrogen (secondary N) is 1. The first kappa shape index (κ1) is 19.0. The van der Waals surface area contributed by atoms with Crippen molar-refractivity contribution in [3.8, 4) is 0 Å². The highest BCUT2D eigenvalue weighted by atomic mass is 79.9. The monoisotopic (exact) mass is 447 g/mol. The van der Waals surface area contributed by atoms with Crippen LogP contribution in [-0.2, 0) is 0 Å². The van der Waals surface area contributed by atoms with Gasteiger partial charge in [0.05, 0.1) is 6.04 Å². The molecule has 3 rings (SSSR count). The fraction of sp³-hybridized carbons (Fsp3) is 0.0952. The molecule has 0 aliphatic heterocycles. The predicted octanol–water partition coefficient (Wildman–Crippen LogP) is 7.18. The minimum atomic E-state index is -0.176. The number of hydrogen-bond donors (Lipinski definition) is 1. The molecular formula is C21H16BrCl2NO. The zero-order valence-electron chi connectivity index (χ0n) is 13.8. The molecule has 2 nitrogen and oxygen atoms in total. The number of halogens is 3. The molecule has 26 heavy (non-hydrogen) atoms. The van der Waals surface area contributed by atoms with Gasteiger partial charge in [-0.3, -0.25) is 4.79 Å². The molecule has 0 spiro atoms. The maximum Gasteiger partial charge on any atom is 0.165 e. The van der Waals surface area contributed by atoms with E-state index in [1.165, 1.54) is 0 Å². The summed E-state index contributed by atoms with van der Waals surface area (Å²) in [6.07, 6.45) is 0.325. The Hall–Kier alpha value is -1.81. The third kappa shape index (κ3) is 5.10. The molecule has 0 bridgehead atoms. The van der Waals surface area contributed by atoms with E-state index in [2.05, 4.69) is 21.2 Å². The van der Waals surface area contributed by atoms with Crippen molar-refractivity contribution in [2.24, 2.45) is 0 Å². The van der Waals surface area contributed by atoms with Crippen LogP contribution in [-0.4, -0.2) is 5.78 Å². The van der Waals surface area contributed by atoms with E-state index >= 15 is 0 Å². The highest BCUT2D eigenvalue weighted by molar-refractivity contribution is 9.10. The first-order valence-electron chi connectivity index (χ1n) is 8.07. The van der Waals surface area contributed by atoms with Crippen LogP contribution in [0.25, 0.3) is 0 Å². The van der Waals surface area contributed by atoms with Crippen LogP contribution >= 0.6 is 39.1 Å². The van der Waals surface area contributed by atoms with Crippen molar-refractivity contribution in [2.75, 3.05) is 5.32 Å². The second kappa shape index (κ2) is 8.72. The van der Waals surface area contributed by atoms with Crippen LogP contribution < -0.4 is 5.32 Å². The van der Waals surface area contributed by atoms with Gasteiger partial charge in [0.2, 0.25) is 0 Å². The van der Waals surface area contributed by atoms with E-state index in [4.69, 9.17) is 23.2 Å². The summed E-state index contributed by atoms with van der Waals surface area (Å²) >= 11 is 15.4. The molecule has 132 valence electrons. The highest BCUT2D eigenvalue weighted by Crippen LogP contribution is 2.27. The lowest BCUT2D eigenvalue weighted by Gasteiger charge is -2.20. The second-order valence-electron chi connectivity index (χ2n) is 5.89. The standard InChI is InChI=1S/C21H16BrCl2NO/c22-16-5-1-15(2-6-16)21(26)13-20(14-3-7-17(23)8-4-14)25-19-11-9-18(24)10-12-19/h1-12,20,25H,13H2/t20-/m0/s1. The lowest BCUT2D eigenvalue weighted by molar-refractivity contribution is 0.0976. The van der Waals surface area contributed by atoms with Crippen LogP contribution in [0.2, 0.25) is 10.0 Å². The van der Waals surface area contributed by atoms with Crippen molar-refractivity contribution in [1.82, 2.24) is 0 Å². The summed E-state index contributed by atoms with van der Waals surface area (Å²) in [5, 5.41) is 4.76. The van der Waals surface area contributed by atoms with Crippen molar-refractivity contribution in [3.63, 3.8) is 0 Å². The van der Waals surface area contributed by atoms with Gasteiger partial charge < -0.3 is 5.32 Å². The van der Waals surface area contributed by atoms with Crippen molar-refractivity contribution in [1.29, 1.82) is 0 Å². The van der Waals surface area contributed by atoms with E-state index < -0.39 is 0 Å². The Morgan fingerprint density at radius 3 is 1.96 bits per heavy atom. The van der Waals surface area contributed by atoms with Crippen molar-refractivity contribution >= 4 is 50.6 Å². The molecule has 5 heteroatoms. The number of benzene rings is 3. The van der Waals surface area contributed by atoms with Gasteiger partial charge in [0.15, 0.2) is 5.78 Å². The quantitative estimate of drug-likeness (QED) is 0.404. The molecule has 0 saturated heterocycles. The molecule has 0 saturated carbocycles. The number of ketones is 1. The molecule has 0 unspecified atom stereocenters. The Balaban J connectivity index is 1.84. The molecule has 0 radical (unpaired) electrons. The Kier molecular flexibility index (Phi) is 6.36. The van der Waals surface area contributed by atoms with Gasteiger partial charge in [0, 0.05) is 32.2 Å². The van der Waals surface area contributed by atoms with Gasteiger partial charge in [-0.05, 0) is 54.1 Å².